The van der Waals surface area contributed by atoms with Crippen molar-refractivity contribution in [1.29, 1.82) is 0 Å². The Hall–Kier alpha value is -2.11. The summed E-state index contributed by atoms with van der Waals surface area (Å²) in [4.78, 5) is 8.42. The zero-order chi connectivity index (χ0) is 13.8. The van der Waals surface area contributed by atoms with Crippen molar-refractivity contribution in [2.24, 2.45) is 0 Å². The molecule has 0 radical (unpaired) electrons. The van der Waals surface area contributed by atoms with Gasteiger partial charge in [0.05, 0.1) is 19.3 Å². The largest absolute Gasteiger partial charge is 0.481 e. The lowest BCUT2D eigenvalue weighted by Gasteiger charge is -2.21. The van der Waals surface area contributed by atoms with Gasteiger partial charge in [-0.1, -0.05) is 0 Å². The molecule has 2 heterocycles. The summed E-state index contributed by atoms with van der Waals surface area (Å²) < 4.78 is 7.01. The van der Waals surface area contributed by atoms with E-state index in [4.69, 9.17) is 4.74 Å². The Labute approximate surface area is 112 Å². The number of rotatable bonds is 5. The number of ether oxygens (including phenoxy) is 1. The van der Waals surface area contributed by atoms with E-state index in [1.807, 2.05) is 24.0 Å². The Morgan fingerprint density at radius 2 is 2.16 bits per heavy atom. The molecule has 6 nitrogen and oxygen atoms in total. The molecule has 0 aliphatic heterocycles. The maximum Gasteiger partial charge on any atom is 0.226 e. The summed E-state index contributed by atoms with van der Waals surface area (Å²) in [7, 11) is 1.59. The summed E-state index contributed by atoms with van der Waals surface area (Å²) in [6, 6.07) is 2.06. The molecule has 2 rings (SSSR count). The molecule has 2 atom stereocenters. The number of aryl methyl sites for hydroxylation is 1. The van der Waals surface area contributed by atoms with Crippen molar-refractivity contribution in [3.63, 3.8) is 0 Å². The summed E-state index contributed by atoms with van der Waals surface area (Å²) in [5, 5.41) is 7.58. The van der Waals surface area contributed by atoms with Gasteiger partial charge in [0.15, 0.2) is 0 Å². The third-order valence-electron chi connectivity index (χ3n) is 3.07. The highest BCUT2D eigenvalue weighted by molar-refractivity contribution is 5.29. The Morgan fingerprint density at radius 1 is 1.37 bits per heavy atom. The second kappa shape index (κ2) is 5.69. The molecule has 0 aliphatic carbocycles. The van der Waals surface area contributed by atoms with E-state index < -0.39 is 0 Å². The number of hydrogen-bond acceptors (Lipinski definition) is 5. The summed E-state index contributed by atoms with van der Waals surface area (Å²) in [5.74, 6) is 1.11. The Bertz CT molecular complexity index is 539. The topological polar surface area (TPSA) is 64.9 Å². The Balaban J connectivity index is 2.05. The molecule has 0 aliphatic rings. The number of nitrogens with zero attached hydrogens (tertiary/aromatic N) is 4. The van der Waals surface area contributed by atoms with Gasteiger partial charge in [0, 0.05) is 24.5 Å². The normalized spacial score (nSPS) is 13.9. The molecule has 0 saturated heterocycles. The monoisotopic (exact) mass is 261 g/mol. The second-order valence-electron chi connectivity index (χ2n) is 4.59. The van der Waals surface area contributed by atoms with Crippen LogP contribution in [0.3, 0.4) is 0 Å². The van der Waals surface area contributed by atoms with Gasteiger partial charge in [-0.2, -0.15) is 10.1 Å². The van der Waals surface area contributed by atoms with Gasteiger partial charge >= 0.3 is 0 Å². The molecular weight excluding hydrogens is 242 g/mol. The SMILES string of the molecule is COc1ccnc(NC(C)C(C)n2cc(C)cn2)n1. The van der Waals surface area contributed by atoms with Crippen molar-refractivity contribution in [2.45, 2.75) is 32.9 Å². The average Bonchev–Trinajstić information content (AvgIpc) is 2.84. The van der Waals surface area contributed by atoms with Crippen LogP contribution in [0.25, 0.3) is 0 Å². The van der Waals surface area contributed by atoms with Gasteiger partial charge in [0.25, 0.3) is 0 Å². The summed E-state index contributed by atoms with van der Waals surface area (Å²) in [5.41, 5.74) is 1.15. The van der Waals surface area contributed by atoms with Crippen molar-refractivity contribution in [1.82, 2.24) is 19.7 Å². The van der Waals surface area contributed by atoms with Crippen LogP contribution in [-0.2, 0) is 0 Å². The van der Waals surface area contributed by atoms with Crippen LogP contribution in [-0.4, -0.2) is 32.9 Å². The van der Waals surface area contributed by atoms with Crippen molar-refractivity contribution in [3.8, 4) is 5.88 Å². The zero-order valence-electron chi connectivity index (χ0n) is 11.7. The van der Waals surface area contributed by atoms with Gasteiger partial charge in [-0.15, -0.1) is 0 Å². The summed E-state index contributed by atoms with van der Waals surface area (Å²) in [6.45, 7) is 6.20. The van der Waals surface area contributed by atoms with Crippen LogP contribution in [0.4, 0.5) is 5.95 Å². The van der Waals surface area contributed by atoms with E-state index in [9.17, 15) is 0 Å². The Kier molecular flexibility index (Phi) is 3.99. The van der Waals surface area contributed by atoms with Crippen LogP contribution in [0, 0.1) is 6.92 Å². The molecule has 19 heavy (non-hydrogen) atoms. The number of nitrogens with one attached hydrogen (secondary N) is 1. The maximum absolute atomic E-state index is 5.08. The Morgan fingerprint density at radius 3 is 2.79 bits per heavy atom. The van der Waals surface area contributed by atoms with E-state index in [0.717, 1.165) is 5.56 Å². The van der Waals surface area contributed by atoms with Crippen molar-refractivity contribution < 1.29 is 4.74 Å². The first kappa shape index (κ1) is 13.3. The first-order chi connectivity index (χ1) is 9.10. The van der Waals surface area contributed by atoms with Gasteiger partial charge in [0.1, 0.15) is 0 Å². The highest BCUT2D eigenvalue weighted by Crippen LogP contribution is 2.15. The maximum atomic E-state index is 5.08. The van der Waals surface area contributed by atoms with E-state index in [1.165, 1.54) is 0 Å². The minimum absolute atomic E-state index is 0.145. The molecule has 2 aromatic rings. The molecule has 0 saturated carbocycles. The molecule has 0 bridgehead atoms. The minimum Gasteiger partial charge on any atom is -0.481 e. The highest BCUT2D eigenvalue weighted by atomic mass is 16.5. The molecule has 2 aromatic heterocycles. The smallest absolute Gasteiger partial charge is 0.226 e. The molecule has 6 heteroatoms. The molecule has 0 spiro atoms. The fraction of sp³-hybridized carbons (Fsp3) is 0.462. The quantitative estimate of drug-likeness (QED) is 0.892. The van der Waals surface area contributed by atoms with Crippen LogP contribution in [0.2, 0.25) is 0 Å². The molecular formula is C13H19N5O. The predicted octanol–water partition coefficient (Wildman–Crippen LogP) is 2.05. The molecule has 0 aromatic carbocycles. The standard InChI is InChI=1S/C13H19N5O/c1-9-7-15-18(8-9)11(3)10(2)16-13-14-6-5-12(17-13)19-4/h5-8,10-11H,1-4H3,(H,14,16,17). The first-order valence-corrected chi connectivity index (χ1v) is 6.24. The number of aromatic nitrogens is 4. The summed E-state index contributed by atoms with van der Waals surface area (Å²) >= 11 is 0. The van der Waals surface area contributed by atoms with E-state index in [-0.39, 0.29) is 12.1 Å². The number of anilines is 1. The minimum atomic E-state index is 0.145. The fourth-order valence-electron chi connectivity index (χ4n) is 1.73. The molecule has 102 valence electrons. The number of hydrogen-bond donors (Lipinski definition) is 1. The number of methoxy groups -OCH3 is 1. The fourth-order valence-corrected chi connectivity index (χ4v) is 1.73. The van der Waals surface area contributed by atoms with E-state index in [2.05, 4.69) is 34.2 Å². The van der Waals surface area contributed by atoms with Crippen LogP contribution in [0.1, 0.15) is 25.5 Å². The van der Waals surface area contributed by atoms with E-state index in [1.54, 1.807) is 19.4 Å². The van der Waals surface area contributed by atoms with E-state index in [0.29, 0.717) is 11.8 Å². The average molecular weight is 261 g/mol. The van der Waals surface area contributed by atoms with Crippen molar-refractivity contribution in [3.05, 3.63) is 30.2 Å². The van der Waals surface area contributed by atoms with Gasteiger partial charge in [-0.3, -0.25) is 4.68 Å². The van der Waals surface area contributed by atoms with Gasteiger partial charge in [0.2, 0.25) is 11.8 Å². The molecule has 0 fully saturated rings. The molecule has 1 N–H and O–H groups in total. The highest BCUT2D eigenvalue weighted by Gasteiger charge is 2.15. The summed E-state index contributed by atoms with van der Waals surface area (Å²) in [6.07, 6.45) is 5.55. The van der Waals surface area contributed by atoms with Crippen molar-refractivity contribution >= 4 is 5.95 Å². The lowest BCUT2D eigenvalue weighted by molar-refractivity contribution is 0.396. The molecule has 0 amide bonds. The van der Waals surface area contributed by atoms with E-state index >= 15 is 0 Å². The predicted molar refractivity (Wildman–Crippen MR) is 73.3 cm³/mol. The van der Waals surface area contributed by atoms with Gasteiger partial charge in [-0.25, -0.2) is 4.98 Å². The lowest BCUT2D eigenvalue weighted by atomic mass is 10.2. The third-order valence-corrected chi connectivity index (χ3v) is 3.07. The van der Waals surface area contributed by atoms with Gasteiger partial charge in [-0.05, 0) is 26.3 Å². The third kappa shape index (κ3) is 3.21. The van der Waals surface area contributed by atoms with Crippen LogP contribution < -0.4 is 10.1 Å². The molecule has 2 unspecified atom stereocenters. The second-order valence-corrected chi connectivity index (χ2v) is 4.59. The van der Waals surface area contributed by atoms with Crippen LogP contribution >= 0.6 is 0 Å². The van der Waals surface area contributed by atoms with Crippen molar-refractivity contribution in [2.75, 3.05) is 12.4 Å². The zero-order valence-corrected chi connectivity index (χ0v) is 11.7. The lowest BCUT2D eigenvalue weighted by Crippen LogP contribution is -2.27. The van der Waals surface area contributed by atoms with Crippen LogP contribution in [0.5, 0.6) is 5.88 Å². The first-order valence-electron chi connectivity index (χ1n) is 6.24. The van der Waals surface area contributed by atoms with Crippen LogP contribution in [0.15, 0.2) is 24.7 Å². The van der Waals surface area contributed by atoms with Gasteiger partial charge < -0.3 is 10.1 Å².